The van der Waals surface area contributed by atoms with Crippen molar-refractivity contribution in [1.29, 1.82) is 0 Å². The Morgan fingerprint density at radius 3 is 2.46 bits per heavy atom. The van der Waals surface area contributed by atoms with Crippen molar-refractivity contribution in [3.05, 3.63) is 136 Å². The fourth-order valence-electron chi connectivity index (χ4n) is 12.7. The lowest BCUT2D eigenvalue weighted by atomic mass is 9.59. The van der Waals surface area contributed by atoms with Gasteiger partial charge in [-0.3, -0.25) is 15.0 Å². The van der Waals surface area contributed by atoms with Crippen molar-refractivity contribution in [2.75, 3.05) is 18.4 Å². The molecule has 61 heavy (non-hydrogen) atoms. The van der Waals surface area contributed by atoms with Crippen LogP contribution < -0.4 is 16.0 Å². The van der Waals surface area contributed by atoms with Crippen LogP contribution in [0, 0.1) is 23.2 Å². The summed E-state index contributed by atoms with van der Waals surface area (Å²) in [5, 5.41) is 11.6. The van der Waals surface area contributed by atoms with Gasteiger partial charge in [-0.2, -0.15) is 0 Å². The second kappa shape index (κ2) is 15.1. The molecule has 4 heterocycles. The molecule has 11 rings (SSSR count). The van der Waals surface area contributed by atoms with Crippen LogP contribution in [-0.2, 0) is 5.41 Å². The third kappa shape index (κ3) is 6.25. The molecule has 6 nitrogen and oxygen atoms in total. The van der Waals surface area contributed by atoms with Gasteiger partial charge in [0, 0.05) is 52.5 Å². The molecule has 3 N–H and O–H groups in total. The average Bonchev–Trinajstić information content (AvgIpc) is 4.03. The zero-order valence-electron chi connectivity index (χ0n) is 36.6. The minimum atomic E-state index is -0.445. The van der Waals surface area contributed by atoms with Gasteiger partial charge in [0.15, 0.2) is 0 Å². The highest BCUT2D eigenvalue weighted by Crippen LogP contribution is 2.54. The SMILES string of the molecule is CCC1(CC)c2cc(C=CC3C=CC(C)(C4(C)N=Cc5ccccc5N4)C4NCCCC34)ccc2-c2ccc(/C=C/C3=C4CCN=C4C(C4N=C5CCCC=C5N4)CC3)cc21. The number of anilines is 1. The summed E-state index contributed by atoms with van der Waals surface area (Å²) in [5.41, 5.74) is 16.9. The van der Waals surface area contributed by atoms with E-state index in [1.807, 2.05) is 0 Å². The van der Waals surface area contributed by atoms with Crippen molar-refractivity contribution in [3.8, 4) is 11.1 Å². The maximum absolute atomic E-state index is 5.20. The Labute approximate surface area is 363 Å². The minimum Gasteiger partial charge on any atom is -0.362 e. The van der Waals surface area contributed by atoms with Crippen LogP contribution in [0.25, 0.3) is 23.3 Å². The molecule has 0 radical (unpaired) electrons. The van der Waals surface area contributed by atoms with E-state index < -0.39 is 5.66 Å². The van der Waals surface area contributed by atoms with Crippen LogP contribution in [-0.4, -0.2) is 48.6 Å². The van der Waals surface area contributed by atoms with Crippen LogP contribution in [0.5, 0.6) is 0 Å². The van der Waals surface area contributed by atoms with E-state index in [9.17, 15) is 0 Å². The third-order valence-electron chi connectivity index (χ3n) is 16.4. The summed E-state index contributed by atoms with van der Waals surface area (Å²) in [7, 11) is 0. The Morgan fingerprint density at radius 1 is 0.852 bits per heavy atom. The van der Waals surface area contributed by atoms with Crippen molar-refractivity contribution >= 4 is 35.5 Å². The quantitative estimate of drug-likeness (QED) is 0.199. The summed E-state index contributed by atoms with van der Waals surface area (Å²) >= 11 is 0. The number of benzene rings is 3. The number of nitrogens with one attached hydrogen (secondary N) is 3. The molecule has 0 saturated carbocycles. The molecule has 4 aliphatic heterocycles. The van der Waals surface area contributed by atoms with E-state index in [2.05, 4.69) is 153 Å². The lowest BCUT2D eigenvalue weighted by Crippen LogP contribution is -2.64. The summed E-state index contributed by atoms with van der Waals surface area (Å²) in [4.78, 5) is 15.5. The van der Waals surface area contributed by atoms with Gasteiger partial charge >= 0.3 is 0 Å². The molecular weight excluding hydrogens is 745 g/mol. The Bertz CT molecular complexity index is 2520. The van der Waals surface area contributed by atoms with Crippen molar-refractivity contribution in [1.82, 2.24) is 10.6 Å². The number of rotatable bonds is 8. The average molecular weight is 807 g/mol. The maximum Gasteiger partial charge on any atom is 0.137 e. The van der Waals surface area contributed by atoms with Crippen molar-refractivity contribution in [3.63, 3.8) is 0 Å². The minimum absolute atomic E-state index is 0.00146. The number of nitrogens with zero attached hydrogens (tertiary/aromatic N) is 3. The van der Waals surface area contributed by atoms with Crippen molar-refractivity contribution in [2.24, 2.45) is 38.1 Å². The van der Waals surface area contributed by atoms with E-state index in [1.165, 1.54) is 86.6 Å². The Kier molecular flexibility index (Phi) is 9.60. The zero-order chi connectivity index (χ0) is 41.3. The fourth-order valence-corrected chi connectivity index (χ4v) is 12.7. The summed E-state index contributed by atoms with van der Waals surface area (Å²) in [6.45, 7) is 11.4. The third-order valence-corrected chi connectivity index (χ3v) is 16.4. The van der Waals surface area contributed by atoms with E-state index in [4.69, 9.17) is 15.0 Å². The number of aliphatic imine (C=N–C) groups is 3. The molecule has 0 bridgehead atoms. The summed E-state index contributed by atoms with van der Waals surface area (Å²) < 4.78 is 0. The summed E-state index contributed by atoms with van der Waals surface area (Å²) in [6.07, 6.45) is 30.5. The lowest BCUT2D eigenvalue weighted by Gasteiger charge is -2.55. The Hall–Kier alpha value is -5.07. The molecule has 3 aromatic rings. The second-order valence-corrected chi connectivity index (χ2v) is 19.4. The first-order valence-corrected chi connectivity index (χ1v) is 23.6. The van der Waals surface area contributed by atoms with E-state index in [1.54, 1.807) is 0 Å². The molecule has 1 saturated heterocycles. The van der Waals surface area contributed by atoms with Gasteiger partial charge in [0.25, 0.3) is 0 Å². The van der Waals surface area contributed by atoms with Gasteiger partial charge < -0.3 is 16.0 Å². The maximum atomic E-state index is 5.20. The molecule has 0 amide bonds. The normalized spacial score (nSPS) is 31.7. The van der Waals surface area contributed by atoms with Crippen LogP contribution in [0.1, 0.15) is 120 Å². The second-order valence-electron chi connectivity index (χ2n) is 19.4. The number of para-hydroxylation sites is 1. The van der Waals surface area contributed by atoms with Gasteiger partial charge in [-0.1, -0.05) is 118 Å². The number of hydrogen-bond acceptors (Lipinski definition) is 6. The first-order chi connectivity index (χ1) is 29.8. The predicted octanol–water partition coefficient (Wildman–Crippen LogP) is 11.6. The van der Waals surface area contributed by atoms with Gasteiger partial charge in [0.1, 0.15) is 11.8 Å². The first-order valence-electron chi connectivity index (χ1n) is 23.6. The highest BCUT2D eigenvalue weighted by Gasteiger charge is 2.55. The highest BCUT2D eigenvalue weighted by molar-refractivity contribution is 6.07. The molecule has 6 heteroatoms. The molecule has 7 atom stereocenters. The number of hydrogen-bond donors (Lipinski definition) is 3. The lowest BCUT2D eigenvalue weighted by molar-refractivity contribution is 0.0814. The largest absolute Gasteiger partial charge is 0.362 e. The fraction of sp³-hybridized carbons (Fsp3) is 0.436. The molecule has 7 unspecified atom stereocenters. The van der Waals surface area contributed by atoms with Gasteiger partial charge in [-0.15, -0.1) is 0 Å². The summed E-state index contributed by atoms with van der Waals surface area (Å²) in [5.74, 6) is 1.24. The summed E-state index contributed by atoms with van der Waals surface area (Å²) in [6, 6.07) is 23.4. The smallest absolute Gasteiger partial charge is 0.137 e. The molecule has 8 aliphatic rings. The molecule has 0 aromatic heterocycles. The van der Waals surface area contributed by atoms with Crippen LogP contribution in [0.15, 0.2) is 123 Å². The Balaban J connectivity index is 0.839. The van der Waals surface area contributed by atoms with Crippen LogP contribution in [0.3, 0.4) is 0 Å². The van der Waals surface area contributed by atoms with Crippen molar-refractivity contribution < 1.29 is 0 Å². The predicted molar refractivity (Wildman–Crippen MR) is 256 cm³/mol. The van der Waals surface area contributed by atoms with Gasteiger partial charge in [0.05, 0.1) is 11.4 Å². The zero-order valence-corrected chi connectivity index (χ0v) is 36.6. The first kappa shape index (κ1) is 38.8. The topological polar surface area (TPSA) is 73.2 Å². The highest BCUT2D eigenvalue weighted by atomic mass is 15.2. The molecule has 312 valence electrons. The van der Waals surface area contributed by atoms with Crippen LogP contribution >= 0.6 is 0 Å². The van der Waals surface area contributed by atoms with Crippen LogP contribution in [0.4, 0.5) is 5.69 Å². The van der Waals surface area contributed by atoms with E-state index in [0.29, 0.717) is 23.8 Å². The number of piperidine rings is 1. The van der Waals surface area contributed by atoms with E-state index in [-0.39, 0.29) is 17.0 Å². The van der Waals surface area contributed by atoms with Crippen molar-refractivity contribution in [2.45, 2.75) is 115 Å². The van der Waals surface area contributed by atoms with Crippen LogP contribution in [0.2, 0.25) is 0 Å². The molecular formula is C55H62N6. The van der Waals surface area contributed by atoms with Gasteiger partial charge in [-0.05, 0) is 140 Å². The van der Waals surface area contributed by atoms with E-state index in [0.717, 1.165) is 63.6 Å². The number of fused-ring (bicyclic) bond motifs is 7. The van der Waals surface area contributed by atoms with E-state index >= 15 is 0 Å². The molecule has 0 spiro atoms. The Morgan fingerprint density at radius 2 is 1.66 bits per heavy atom. The van der Waals surface area contributed by atoms with Gasteiger partial charge in [0.2, 0.25) is 0 Å². The monoisotopic (exact) mass is 807 g/mol. The molecule has 1 fully saturated rings. The van der Waals surface area contributed by atoms with Gasteiger partial charge in [-0.25, -0.2) is 0 Å². The molecule has 4 aliphatic carbocycles. The standard InChI is InChI=1S/C55H62N6/c1-5-55(6-2)45-32-35(17-21-37-23-26-44(50-40(37)28-31-56-50)52-59-48-15-9-10-16-49(48)60-52)19-24-42(45)43-25-20-36(33-46(43)55)18-22-38-27-29-53(3,51-41(38)13-11-30-57-51)54(4)58-34-39-12-7-8-14-47(39)61-54/h7-8,12,14-15,17-22,24-25,27,29,32-34,38,41,44,51-52,57,59,61H,5-6,9-11,13,16,23,26,28,30-31H2,1-4H3/b21-17+,22-18?. The number of allylic oxidation sites excluding steroid dienone is 6. The molecule has 3 aromatic carbocycles.